The summed E-state index contributed by atoms with van der Waals surface area (Å²) in [4.78, 5) is 5.36. The Labute approximate surface area is 226 Å². The number of thiophene rings is 1. The Hall–Kier alpha value is -3.95. The summed E-state index contributed by atoms with van der Waals surface area (Å²) < 4.78 is 5.09. The number of nitrogens with zero attached hydrogens (tertiary/aromatic N) is 2. The van der Waals surface area contributed by atoms with Gasteiger partial charge in [0.15, 0.2) is 5.65 Å². The standard InChI is InChI=1S/C35H28N2S/c1-21-9-8-12-26-19-29-33(22(2)32(21)26)37-30(25-17-15-24(16-18-25)23-10-4-3-5-11-23)20-28-27-13-6-7-14-31(27)38-34(28)35(37)36-29/h3-8,10-22,32H,9H2,1-2H3. The average Bonchev–Trinajstić information content (AvgIpc) is 3.52. The normalized spacial score (nSPS) is 20.6. The van der Waals surface area contributed by atoms with Gasteiger partial charge in [0.1, 0.15) is 0 Å². The monoisotopic (exact) mass is 508 g/mol. The molecule has 0 amide bonds. The Bertz CT molecular complexity index is 1920. The molecule has 3 atom stereocenters. The van der Waals surface area contributed by atoms with Gasteiger partial charge in [-0.2, -0.15) is 0 Å². The molecule has 2 aliphatic rings. The molecule has 2 aliphatic carbocycles. The van der Waals surface area contributed by atoms with E-state index in [0.717, 1.165) is 17.8 Å². The summed E-state index contributed by atoms with van der Waals surface area (Å²) in [6.07, 6.45) is 8.18. The van der Waals surface area contributed by atoms with Crippen molar-refractivity contribution in [2.45, 2.75) is 26.2 Å². The fourth-order valence-electron chi connectivity index (χ4n) is 6.90. The van der Waals surface area contributed by atoms with Crippen molar-refractivity contribution in [1.29, 1.82) is 0 Å². The lowest BCUT2D eigenvalue weighted by Crippen LogP contribution is -2.26. The molecule has 0 bridgehead atoms. The third-order valence-electron chi connectivity index (χ3n) is 8.68. The highest BCUT2D eigenvalue weighted by atomic mass is 32.1. The van der Waals surface area contributed by atoms with Crippen LogP contribution in [0.25, 0.3) is 54.3 Å². The molecule has 0 radical (unpaired) electrons. The predicted octanol–water partition coefficient (Wildman–Crippen LogP) is 9.75. The second-order valence-corrected chi connectivity index (χ2v) is 12.0. The van der Waals surface area contributed by atoms with Crippen LogP contribution in [0, 0.1) is 11.8 Å². The van der Waals surface area contributed by atoms with Crippen molar-refractivity contribution in [2.75, 3.05) is 0 Å². The lowest BCUT2D eigenvalue weighted by atomic mass is 9.69. The van der Waals surface area contributed by atoms with E-state index < -0.39 is 0 Å². The lowest BCUT2D eigenvalue weighted by Gasteiger charge is -2.36. The number of imidazole rings is 1. The molecule has 2 nitrogen and oxygen atoms in total. The van der Waals surface area contributed by atoms with Crippen LogP contribution in [0.15, 0.2) is 103 Å². The molecule has 0 N–H and O–H groups in total. The molecule has 3 aromatic carbocycles. The smallest absolute Gasteiger partial charge is 0.156 e. The minimum Gasteiger partial charge on any atom is -0.295 e. The molecule has 38 heavy (non-hydrogen) atoms. The maximum absolute atomic E-state index is 5.36. The first-order valence-corrected chi connectivity index (χ1v) is 14.4. The topological polar surface area (TPSA) is 17.3 Å². The van der Waals surface area contributed by atoms with Crippen LogP contribution in [0.2, 0.25) is 0 Å². The van der Waals surface area contributed by atoms with Crippen molar-refractivity contribution in [1.82, 2.24) is 9.38 Å². The van der Waals surface area contributed by atoms with Crippen molar-refractivity contribution < 1.29 is 0 Å². The maximum atomic E-state index is 5.36. The molecule has 3 unspecified atom stereocenters. The minimum absolute atomic E-state index is 0.397. The summed E-state index contributed by atoms with van der Waals surface area (Å²) in [5, 5.41) is 2.61. The highest BCUT2D eigenvalue weighted by molar-refractivity contribution is 7.26. The van der Waals surface area contributed by atoms with Gasteiger partial charge in [0.05, 0.1) is 21.8 Å². The molecule has 0 saturated carbocycles. The van der Waals surface area contributed by atoms with E-state index in [1.165, 1.54) is 53.8 Å². The van der Waals surface area contributed by atoms with E-state index in [9.17, 15) is 0 Å². The number of pyridine rings is 1. The second-order valence-electron chi connectivity index (χ2n) is 10.9. The third-order valence-corrected chi connectivity index (χ3v) is 9.86. The zero-order chi connectivity index (χ0) is 25.4. The number of hydrogen-bond donors (Lipinski definition) is 0. The average molecular weight is 509 g/mol. The van der Waals surface area contributed by atoms with Crippen molar-refractivity contribution in [3.05, 3.63) is 114 Å². The van der Waals surface area contributed by atoms with Crippen LogP contribution in [-0.2, 0) is 0 Å². The van der Waals surface area contributed by atoms with Gasteiger partial charge in [0, 0.05) is 21.4 Å². The van der Waals surface area contributed by atoms with Crippen LogP contribution in [0.5, 0.6) is 0 Å². The van der Waals surface area contributed by atoms with E-state index in [2.05, 4.69) is 121 Å². The zero-order valence-corrected chi connectivity index (χ0v) is 22.4. The quantitative estimate of drug-likeness (QED) is 0.227. The molecular formula is C35H28N2S. The Morgan fingerprint density at radius 2 is 1.55 bits per heavy atom. The number of allylic oxidation sites excluding steroid dienone is 3. The van der Waals surface area contributed by atoms with Gasteiger partial charge in [0.25, 0.3) is 0 Å². The maximum Gasteiger partial charge on any atom is 0.156 e. The van der Waals surface area contributed by atoms with Gasteiger partial charge >= 0.3 is 0 Å². The van der Waals surface area contributed by atoms with Crippen LogP contribution in [-0.4, -0.2) is 9.38 Å². The van der Waals surface area contributed by atoms with Crippen LogP contribution < -0.4 is 0 Å². The molecule has 0 aliphatic heterocycles. The van der Waals surface area contributed by atoms with Gasteiger partial charge in [-0.05, 0) is 58.7 Å². The summed E-state index contributed by atoms with van der Waals surface area (Å²) >= 11 is 1.87. The van der Waals surface area contributed by atoms with Crippen LogP contribution in [0.1, 0.15) is 37.6 Å². The summed E-state index contributed by atoms with van der Waals surface area (Å²) in [5.74, 6) is 1.55. The summed E-state index contributed by atoms with van der Waals surface area (Å²) in [7, 11) is 0. The van der Waals surface area contributed by atoms with Crippen LogP contribution in [0.4, 0.5) is 0 Å². The van der Waals surface area contributed by atoms with Crippen molar-refractivity contribution in [2.24, 2.45) is 11.8 Å². The van der Waals surface area contributed by atoms with E-state index in [0.29, 0.717) is 17.8 Å². The van der Waals surface area contributed by atoms with Crippen molar-refractivity contribution in [3.8, 4) is 22.4 Å². The summed E-state index contributed by atoms with van der Waals surface area (Å²) in [6.45, 7) is 4.82. The molecule has 3 heteroatoms. The molecule has 0 fully saturated rings. The first-order chi connectivity index (χ1) is 18.7. The molecule has 3 heterocycles. The molecular weight excluding hydrogens is 480 g/mol. The van der Waals surface area contributed by atoms with Gasteiger partial charge in [-0.1, -0.05) is 98.8 Å². The highest BCUT2D eigenvalue weighted by Gasteiger charge is 2.36. The molecule has 184 valence electrons. The lowest BCUT2D eigenvalue weighted by molar-refractivity contribution is 0.351. The molecule has 3 aromatic heterocycles. The first-order valence-electron chi connectivity index (χ1n) is 13.6. The van der Waals surface area contributed by atoms with E-state index >= 15 is 0 Å². The Balaban J connectivity index is 1.43. The Morgan fingerprint density at radius 1 is 0.816 bits per heavy atom. The number of fused-ring (bicyclic) bond motifs is 8. The minimum atomic E-state index is 0.397. The van der Waals surface area contributed by atoms with Gasteiger partial charge in [-0.15, -0.1) is 11.3 Å². The number of rotatable bonds is 2. The van der Waals surface area contributed by atoms with Crippen molar-refractivity contribution in [3.63, 3.8) is 0 Å². The molecule has 8 rings (SSSR count). The number of aromatic nitrogens is 2. The summed E-state index contributed by atoms with van der Waals surface area (Å²) in [6, 6.07) is 30.9. The first kappa shape index (κ1) is 22.1. The molecule has 0 spiro atoms. The fourth-order valence-corrected chi connectivity index (χ4v) is 8.06. The summed E-state index contributed by atoms with van der Waals surface area (Å²) in [5.41, 5.74) is 9.96. The largest absolute Gasteiger partial charge is 0.295 e. The number of hydrogen-bond acceptors (Lipinski definition) is 2. The van der Waals surface area contributed by atoms with Crippen LogP contribution in [0.3, 0.4) is 0 Å². The van der Waals surface area contributed by atoms with E-state index in [4.69, 9.17) is 4.98 Å². The van der Waals surface area contributed by atoms with Crippen molar-refractivity contribution >= 4 is 43.2 Å². The third kappa shape index (κ3) is 3.15. The SMILES string of the molecule is CC1CC=CC2=Cc3nc4c5sc6ccccc6c5cc(-c5ccc(-c6ccccc6)cc5)n4c3C(C)C21. The second kappa shape index (κ2) is 8.28. The van der Waals surface area contributed by atoms with Gasteiger partial charge in [-0.3, -0.25) is 4.40 Å². The Morgan fingerprint density at radius 3 is 2.39 bits per heavy atom. The van der Waals surface area contributed by atoms with Gasteiger partial charge in [0.2, 0.25) is 0 Å². The highest BCUT2D eigenvalue weighted by Crippen LogP contribution is 2.48. The zero-order valence-electron chi connectivity index (χ0n) is 21.6. The number of benzene rings is 3. The van der Waals surface area contributed by atoms with Crippen LogP contribution >= 0.6 is 11.3 Å². The van der Waals surface area contributed by atoms with Gasteiger partial charge in [-0.25, -0.2) is 4.98 Å². The van der Waals surface area contributed by atoms with E-state index in [1.807, 2.05) is 11.3 Å². The molecule has 0 saturated heterocycles. The van der Waals surface area contributed by atoms with E-state index in [1.54, 1.807) is 0 Å². The Kier molecular flexibility index (Phi) is 4.81. The van der Waals surface area contributed by atoms with Gasteiger partial charge < -0.3 is 0 Å². The fraction of sp³-hybridized carbons (Fsp3) is 0.171. The predicted molar refractivity (Wildman–Crippen MR) is 162 cm³/mol. The molecule has 6 aromatic rings. The van der Waals surface area contributed by atoms with E-state index in [-0.39, 0.29) is 0 Å².